The van der Waals surface area contributed by atoms with Gasteiger partial charge in [-0.25, -0.2) is 0 Å². The standard InChI is InChI=1S/C16H15N3O2S/c20-22(21)14-8-4-7-13(11-9-10-11)15(14)18-16(19-22)17-12-5-2-1-3-6-12/h1-8,11H,9-10H2,(H2,17,18,19). The molecule has 1 aliphatic heterocycles. The third kappa shape index (κ3) is 2.35. The van der Waals surface area contributed by atoms with Crippen molar-refractivity contribution in [1.82, 2.24) is 0 Å². The minimum absolute atomic E-state index is 0.242. The SMILES string of the molecule is O=S1(=O)N=C(Nc2ccccc2)Nc2c(C3CC3)cccc21. The van der Waals surface area contributed by atoms with Gasteiger partial charge in [-0.1, -0.05) is 30.3 Å². The Hall–Kier alpha value is -2.34. The molecule has 5 nitrogen and oxygen atoms in total. The lowest BCUT2D eigenvalue weighted by Gasteiger charge is -2.21. The first kappa shape index (κ1) is 13.3. The van der Waals surface area contributed by atoms with Crippen LogP contribution >= 0.6 is 0 Å². The lowest BCUT2D eigenvalue weighted by molar-refractivity contribution is 0.597. The number of hydrogen-bond acceptors (Lipinski definition) is 4. The number of hydrogen-bond donors (Lipinski definition) is 2. The zero-order valence-electron chi connectivity index (χ0n) is 11.8. The lowest BCUT2D eigenvalue weighted by Crippen LogP contribution is -2.28. The van der Waals surface area contributed by atoms with E-state index in [0.717, 1.165) is 24.1 Å². The summed E-state index contributed by atoms with van der Waals surface area (Å²) in [4.78, 5) is 0.260. The highest BCUT2D eigenvalue weighted by Crippen LogP contribution is 2.46. The molecule has 0 aromatic heterocycles. The first-order chi connectivity index (χ1) is 10.6. The smallest absolute Gasteiger partial charge is 0.287 e. The van der Waals surface area contributed by atoms with Crippen molar-refractivity contribution in [2.45, 2.75) is 23.7 Å². The second-order valence-electron chi connectivity index (χ2n) is 5.53. The number of guanidine groups is 1. The molecule has 4 rings (SSSR count). The van der Waals surface area contributed by atoms with Crippen molar-refractivity contribution in [2.24, 2.45) is 4.40 Å². The van der Waals surface area contributed by atoms with Crippen LogP contribution in [-0.4, -0.2) is 14.4 Å². The lowest BCUT2D eigenvalue weighted by atomic mass is 10.1. The number of nitrogens with zero attached hydrogens (tertiary/aromatic N) is 1. The second kappa shape index (κ2) is 4.84. The highest BCUT2D eigenvalue weighted by Gasteiger charge is 2.32. The van der Waals surface area contributed by atoms with Gasteiger partial charge in [0.1, 0.15) is 4.90 Å². The average Bonchev–Trinajstić information content (AvgIpc) is 3.32. The molecule has 1 aliphatic carbocycles. The van der Waals surface area contributed by atoms with E-state index in [1.165, 1.54) is 0 Å². The third-order valence-corrected chi connectivity index (χ3v) is 5.16. The Morgan fingerprint density at radius 3 is 2.55 bits per heavy atom. The van der Waals surface area contributed by atoms with Gasteiger partial charge in [-0.15, -0.1) is 4.40 Å². The van der Waals surface area contributed by atoms with Crippen LogP contribution < -0.4 is 10.6 Å². The number of nitrogens with one attached hydrogen (secondary N) is 2. The Labute approximate surface area is 129 Å². The van der Waals surface area contributed by atoms with Crippen molar-refractivity contribution in [3.05, 3.63) is 54.1 Å². The largest absolute Gasteiger partial charge is 0.325 e. The normalized spacial score (nSPS) is 18.8. The fourth-order valence-corrected chi connectivity index (χ4v) is 3.76. The average molecular weight is 313 g/mol. The predicted molar refractivity (Wildman–Crippen MR) is 86.7 cm³/mol. The molecule has 0 unspecified atom stereocenters. The van der Waals surface area contributed by atoms with E-state index < -0.39 is 10.0 Å². The van der Waals surface area contributed by atoms with Crippen LogP contribution in [0.3, 0.4) is 0 Å². The summed E-state index contributed by atoms with van der Waals surface area (Å²) in [5, 5.41) is 6.17. The Bertz CT molecular complexity index is 856. The summed E-state index contributed by atoms with van der Waals surface area (Å²) in [6.45, 7) is 0. The van der Waals surface area contributed by atoms with Crippen LogP contribution in [0.2, 0.25) is 0 Å². The molecule has 0 bridgehead atoms. The maximum absolute atomic E-state index is 12.4. The molecule has 0 atom stereocenters. The number of anilines is 2. The molecule has 22 heavy (non-hydrogen) atoms. The van der Waals surface area contributed by atoms with Gasteiger partial charge in [-0.2, -0.15) is 8.42 Å². The van der Waals surface area contributed by atoms with Crippen molar-refractivity contribution < 1.29 is 8.42 Å². The molecule has 2 N–H and O–H groups in total. The van der Waals surface area contributed by atoms with Crippen LogP contribution in [0.5, 0.6) is 0 Å². The van der Waals surface area contributed by atoms with E-state index in [-0.39, 0.29) is 10.9 Å². The molecule has 0 radical (unpaired) electrons. The number of rotatable bonds is 2. The summed E-state index contributed by atoms with van der Waals surface area (Å²) in [7, 11) is -3.68. The van der Waals surface area contributed by atoms with E-state index in [0.29, 0.717) is 11.6 Å². The zero-order valence-corrected chi connectivity index (χ0v) is 12.6. The van der Waals surface area contributed by atoms with Gasteiger partial charge in [0.25, 0.3) is 10.0 Å². The van der Waals surface area contributed by atoms with Crippen LogP contribution in [0, 0.1) is 0 Å². The van der Waals surface area contributed by atoms with Gasteiger partial charge in [-0.3, -0.25) is 0 Å². The Balaban J connectivity index is 1.75. The first-order valence-electron chi connectivity index (χ1n) is 7.20. The Kier molecular flexibility index (Phi) is 2.94. The number of fused-ring (bicyclic) bond motifs is 1. The summed E-state index contributed by atoms with van der Waals surface area (Å²) in [5.41, 5.74) is 2.51. The van der Waals surface area contributed by atoms with Crippen molar-refractivity contribution in [3.8, 4) is 0 Å². The van der Waals surface area contributed by atoms with E-state index >= 15 is 0 Å². The van der Waals surface area contributed by atoms with Crippen molar-refractivity contribution in [1.29, 1.82) is 0 Å². The molecule has 112 valence electrons. The van der Waals surface area contributed by atoms with Crippen molar-refractivity contribution in [3.63, 3.8) is 0 Å². The molecule has 0 spiro atoms. The zero-order chi connectivity index (χ0) is 15.2. The molecular formula is C16H15N3O2S. The van der Waals surface area contributed by atoms with Crippen LogP contribution in [0.1, 0.15) is 24.3 Å². The molecular weight excluding hydrogens is 298 g/mol. The van der Waals surface area contributed by atoms with Gasteiger partial charge in [0.2, 0.25) is 5.96 Å². The molecule has 2 aromatic rings. The first-order valence-corrected chi connectivity index (χ1v) is 8.64. The van der Waals surface area contributed by atoms with Gasteiger partial charge >= 0.3 is 0 Å². The van der Waals surface area contributed by atoms with Gasteiger partial charge in [0, 0.05) is 5.69 Å². The van der Waals surface area contributed by atoms with E-state index in [9.17, 15) is 8.42 Å². The van der Waals surface area contributed by atoms with Gasteiger partial charge in [0.05, 0.1) is 5.69 Å². The molecule has 0 amide bonds. The molecule has 1 fully saturated rings. The maximum atomic E-state index is 12.4. The van der Waals surface area contributed by atoms with Gasteiger partial charge in [0.15, 0.2) is 0 Å². The Morgan fingerprint density at radius 2 is 1.82 bits per heavy atom. The minimum Gasteiger partial charge on any atom is -0.325 e. The molecule has 0 saturated heterocycles. The van der Waals surface area contributed by atoms with Crippen LogP contribution in [0.4, 0.5) is 11.4 Å². The van der Waals surface area contributed by atoms with Crippen LogP contribution in [0.25, 0.3) is 0 Å². The van der Waals surface area contributed by atoms with Crippen molar-refractivity contribution in [2.75, 3.05) is 10.6 Å². The topological polar surface area (TPSA) is 70.6 Å². The minimum atomic E-state index is -3.68. The summed E-state index contributed by atoms with van der Waals surface area (Å²) in [5.74, 6) is 0.695. The third-order valence-electron chi connectivity index (χ3n) is 3.84. The van der Waals surface area contributed by atoms with Gasteiger partial charge < -0.3 is 10.6 Å². The quantitative estimate of drug-likeness (QED) is 0.893. The number of sulfonamides is 1. The highest BCUT2D eigenvalue weighted by molar-refractivity contribution is 7.90. The number of para-hydroxylation sites is 2. The van der Waals surface area contributed by atoms with E-state index in [1.54, 1.807) is 12.1 Å². The summed E-state index contributed by atoms with van der Waals surface area (Å²) < 4.78 is 28.6. The molecule has 2 aliphatic rings. The molecule has 1 saturated carbocycles. The fourth-order valence-electron chi connectivity index (χ4n) is 2.65. The number of benzene rings is 2. The monoisotopic (exact) mass is 313 g/mol. The summed E-state index contributed by atoms with van der Waals surface area (Å²) in [6.07, 6.45) is 2.22. The predicted octanol–water partition coefficient (Wildman–Crippen LogP) is 3.15. The van der Waals surface area contributed by atoms with Gasteiger partial charge in [-0.05, 0) is 42.5 Å². The Morgan fingerprint density at radius 1 is 1.05 bits per heavy atom. The highest BCUT2D eigenvalue weighted by atomic mass is 32.2. The molecule has 1 heterocycles. The second-order valence-corrected chi connectivity index (χ2v) is 7.10. The van der Waals surface area contributed by atoms with Crippen LogP contribution in [0.15, 0.2) is 57.8 Å². The molecule has 2 aromatic carbocycles. The maximum Gasteiger partial charge on any atom is 0.287 e. The molecule has 6 heteroatoms. The summed E-state index contributed by atoms with van der Waals surface area (Å²) >= 11 is 0. The van der Waals surface area contributed by atoms with E-state index in [2.05, 4.69) is 15.0 Å². The van der Waals surface area contributed by atoms with E-state index in [4.69, 9.17) is 0 Å². The van der Waals surface area contributed by atoms with Crippen molar-refractivity contribution >= 4 is 27.4 Å². The van der Waals surface area contributed by atoms with Crippen LogP contribution in [-0.2, 0) is 10.0 Å². The summed E-state index contributed by atoms with van der Waals surface area (Å²) in [6, 6.07) is 14.8. The fraction of sp³-hybridized carbons (Fsp3) is 0.188. The van der Waals surface area contributed by atoms with E-state index in [1.807, 2.05) is 36.4 Å².